The number of isocyanates is 2. The van der Waals surface area contributed by atoms with E-state index in [1.807, 2.05) is 126 Å². The van der Waals surface area contributed by atoms with Crippen molar-refractivity contribution in [3.63, 3.8) is 0 Å². The van der Waals surface area contributed by atoms with Gasteiger partial charge in [-0.15, -0.1) is 0 Å². The van der Waals surface area contributed by atoms with Crippen molar-refractivity contribution in [2.75, 3.05) is 19.6 Å². The highest BCUT2D eigenvalue weighted by Crippen LogP contribution is 2.14. The van der Waals surface area contributed by atoms with Crippen LogP contribution in [0.5, 0.6) is 0 Å². The second kappa shape index (κ2) is 23.7. The molecule has 4 aromatic rings. The van der Waals surface area contributed by atoms with E-state index in [-0.39, 0.29) is 58.5 Å². The molecule has 3 atom stereocenters. The first kappa shape index (κ1) is 40.0. The van der Waals surface area contributed by atoms with Crippen LogP contribution in [-0.4, -0.2) is 67.3 Å². The molecule has 0 bridgehead atoms. The Morgan fingerprint density at radius 3 is 1.43 bits per heavy atom. The van der Waals surface area contributed by atoms with E-state index in [9.17, 15) is 19.2 Å². The number of nitrogens with one attached hydrogen (secondary N) is 1. The molecule has 4 aromatic carbocycles. The third-order valence-corrected chi connectivity index (χ3v) is 7.98. The summed E-state index contributed by atoms with van der Waals surface area (Å²) in [5.41, 5.74) is 3.44. The van der Waals surface area contributed by atoms with E-state index in [1.54, 1.807) is 12.2 Å². The smallest absolute Gasteiger partial charge is 0.407 e. The van der Waals surface area contributed by atoms with E-state index in [4.69, 9.17) is 18.9 Å². The van der Waals surface area contributed by atoms with Gasteiger partial charge in [0.2, 0.25) is 12.2 Å². The number of carbonyl (C=O) groups excluding carboxylic acids is 4. The summed E-state index contributed by atoms with van der Waals surface area (Å²) < 4.78 is 23.0. The first-order chi connectivity index (χ1) is 26.0. The maximum atomic E-state index is 13.1. The molecule has 53 heavy (non-hydrogen) atoms. The zero-order valence-corrected chi connectivity index (χ0v) is 29.5. The molecule has 0 aliphatic heterocycles. The Kier molecular flexibility index (Phi) is 17.9. The Hall–Kier alpha value is -5.74. The van der Waals surface area contributed by atoms with Gasteiger partial charge in [-0.3, -0.25) is 9.69 Å². The summed E-state index contributed by atoms with van der Waals surface area (Å²) in [7, 11) is 0. The van der Waals surface area contributed by atoms with Crippen LogP contribution in [0, 0.1) is 0 Å². The van der Waals surface area contributed by atoms with Crippen molar-refractivity contribution < 1.29 is 38.1 Å². The highest BCUT2D eigenvalue weighted by Gasteiger charge is 2.24. The van der Waals surface area contributed by atoms with E-state index < -0.39 is 24.6 Å². The molecule has 0 saturated carbocycles. The number of esters is 1. The van der Waals surface area contributed by atoms with Gasteiger partial charge >= 0.3 is 12.1 Å². The third kappa shape index (κ3) is 16.4. The lowest BCUT2D eigenvalue weighted by atomic mass is 10.1. The SMILES string of the molecule is O=C=NC(CN(CC(CCCC(=O)OCc1ccccc1)NC(=O)OCc1ccccc1)CC(N=C=O)OCc1ccccc1)OCc1ccccc1. The maximum Gasteiger partial charge on any atom is 0.407 e. The number of rotatable bonds is 23. The lowest BCUT2D eigenvalue weighted by Crippen LogP contribution is -2.48. The molecule has 0 spiro atoms. The summed E-state index contributed by atoms with van der Waals surface area (Å²) in [4.78, 5) is 58.3. The number of hydrogen-bond donors (Lipinski definition) is 1. The first-order valence-electron chi connectivity index (χ1n) is 17.3. The summed E-state index contributed by atoms with van der Waals surface area (Å²) in [5.74, 6) is -0.375. The monoisotopic (exact) mass is 720 g/mol. The number of carbonyl (C=O) groups is 2. The van der Waals surface area contributed by atoms with Crippen molar-refractivity contribution >= 4 is 24.2 Å². The topological polar surface area (TPSA) is 145 Å². The molecule has 0 aromatic heterocycles. The molecule has 12 nitrogen and oxygen atoms in total. The minimum absolute atomic E-state index is 0.0536. The molecule has 0 heterocycles. The van der Waals surface area contributed by atoms with Crippen molar-refractivity contribution in [1.29, 1.82) is 0 Å². The molecule has 1 N–H and O–H groups in total. The second-order valence-electron chi connectivity index (χ2n) is 12.1. The minimum atomic E-state index is -0.957. The third-order valence-electron chi connectivity index (χ3n) is 7.98. The first-order valence-corrected chi connectivity index (χ1v) is 17.3. The zero-order chi connectivity index (χ0) is 37.4. The molecule has 0 aliphatic carbocycles. The van der Waals surface area contributed by atoms with E-state index >= 15 is 0 Å². The van der Waals surface area contributed by atoms with Gasteiger partial charge < -0.3 is 24.3 Å². The standard InChI is InChI=1S/C41H44N4O8/c46-31-42-38(50-27-33-14-5-1-6-15-33)25-45(26-39(43-32-47)51-28-34-16-7-2-8-17-34)24-37(44-41(49)53-30-36-20-11-4-12-21-36)22-13-23-40(48)52-29-35-18-9-3-10-19-35/h1-12,14-21,37-39H,13,22-30H2,(H,44,49). The van der Waals surface area contributed by atoms with Gasteiger partial charge in [0.25, 0.3) is 0 Å². The Labute approximate surface area is 309 Å². The van der Waals surface area contributed by atoms with E-state index in [0.717, 1.165) is 22.3 Å². The van der Waals surface area contributed by atoms with Gasteiger partial charge in [-0.05, 0) is 35.1 Å². The molecule has 0 fully saturated rings. The highest BCUT2D eigenvalue weighted by atomic mass is 16.5. The van der Waals surface area contributed by atoms with Crippen molar-refractivity contribution in [2.45, 2.75) is 64.2 Å². The Morgan fingerprint density at radius 2 is 1.00 bits per heavy atom. The maximum absolute atomic E-state index is 13.1. The highest BCUT2D eigenvalue weighted by molar-refractivity contribution is 5.69. The van der Waals surface area contributed by atoms with Crippen LogP contribution in [-0.2, 0) is 59.8 Å². The summed E-state index contributed by atoms with van der Waals surface area (Å²) in [6.07, 6.45) is 1.46. The van der Waals surface area contributed by atoms with Crippen LogP contribution in [0.2, 0.25) is 0 Å². The number of amides is 1. The number of benzene rings is 4. The summed E-state index contributed by atoms with van der Waals surface area (Å²) in [6, 6.07) is 36.9. The Morgan fingerprint density at radius 1 is 0.585 bits per heavy atom. The van der Waals surface area contributed by atoms with Crippen molar-refractivity contribution in [2.24, 2.45) is 9.98 Å². The molecule has 3 unspecified atom stereocenters. The molecule has 12 heteroatoms. The van der Waals surface area contributed by atoms with Gasteiger partial charge in [-0.25, -0.2) is 14.4 Å². The second-order valence-corrected chi connectivity index (χ2v) is 12.1. The predicted octanol–water partition coefficient (Wildman–Crippen LogP) is 6.25. The van der Waals surface area contributed by atoms with Crippen LogP contribution in [0.1, 0.15) is 41.5 Å². The lowest BCUT2D eigenvalue weighted by molar-refractivity contribution is -0.145. The van der Waals surface area contributed by atoms with Crippen LogP contribution in [0.4, 0.5) is 4.79 Å². The van der Waals surface area contributed by atoms with Crippen LogP contribution >= 0.6 is 0 Å². The molecule has 0 saturated heterocycles. The van der Waals surface area contributed by atoms with Gasteiger partial charge in [0.1, 0.15) is 13.2 Å². The van der Waals surface area contributed by atoms with E-state index in [0.29, 0.717) is 12.8 Å². The number of nitrogens with zero attached hydrogens (tertiary/aromatic N) is 3. The molecule has 276 valence electrons. The normalized spacial score (nSPS) is 12.4. The van der Waals surface area contributed by atoms with Crippen LogP contribution in [0.15, 0.2) is 131 Å². The van der Waals surface area contributed by atoms with Crippen LogP contribution in [0.3, 0.4) is 0 Å². The van der Waals surface area contributed by atoms with Crippen molar-refractivity contribution in [1.82, 2.24) is 10.2 Å². The zero-order valence-electron chi connectivity index (χ0n) is 29.5. The fourth-order valence-corrected chi connectivity index (χ4v) is 5.33. The minimum Gasteiger partial charge on any atom is -0.461 e. The molecular formula is C41H44N4O8. The predicted molar refractivity (Wildman–Crippen MR) is 196 cm³/mol. The molecule has 0 radical (unpaired) electrons. The lowest BCUT2D eigenvalue weighted by Gasteiger charge is -2.31. The Bertz CT molecular complexity index is 1670. The summed E-state index contributed by atoms with van der Waals surface area (Å²) in [6.45, 7) is 0.827. The molecular weight excluding hydrogens is 676 g/mol. The van der Waals surface area contributed by atoms with Gasteiger partial charge in [0, 0.05) is 32.1 Å². The van der Waals surface area contributed by atoms with Gasteiger partial charge in [0.05, 0.1) is 13.2 Å². The summed E-state index contributed by atoms with van der Waals surface area (Å²) >= 11 is 0. The average Bonchev–Trinajstić information content (AvgIpc) is 3.19. The van der Waals surface area contributed by atoms with Crippen molar-refractivity contribution in [3.05, 3.63) is 144 Å². The van der Waals surface area contributed by atoms with E-state index in [1.165, 1.54) is 0 Å². The number of alkyl carbamates (subject to hydrolysis) is 1. The fourth-order valence-electron chi connectivity index (χ4n) is 5.33. The van der Waals surface area contributed by atoms with Gasteiger partial charge in [-0.2, -0.15) is 9.98 Å². The quantitative estimate of drug-likeness (QED) is 0.0534. The van der Waals surface area contributed by atoms with Gasteiger partial charge in [0.15, 0.2) is 12.5 Å². The average molecular weight is 721 g/mol. The fraction of sp³-hybridized carbons (Fsp3) is 0.317. The van der Waals surface area contributed by atoms with Crippen molar-refractivity contribution in [3.8, 4) is 0 Å². The van der Waals surface area contributed by atoms with Gasteiger partial charge in [-0.1, -0.05) is 121 Å². The molecule has 1 amide bonds. The summed E-state index contributed by atoms with van der Waals surface area (Å²) in [5, 5.41) is 2.92. The number of aliphatic imine (C=N–C) groups is 2. The number of ether oxygens (including phenoxy) is 4. The largest absolute Gasteiger partial charge is 0.461 e. The Balaban J connectivity index is 1.49. The number of hydrogen-bond acceptors (Lipinski definition) is 11. The van der Waals surface area contributed by atoms with Crippen LogP contribution < -0.4 is 5.32 Å². The molecule has 0 aliphatic rings. The van der Waals surface area contributed by atoms with E-state index in [2.05, 4.69) is 15.3 Å². The molecule has 4 rings (SSSR count). The van der Waals surface area contributed by atoms with Crippen LogP contribution in [0.25, 0.3) is 0 Å².